The number of nitrogens with zero attached hydrogens (tertiary/aromatic N) is 3. The fourth-order valence-corrected chi connectivity index (χ4v) is 5.30. The molecule has 2 aromatic rings. The number of alkyl halides is 3. The van der Waals surface area contributed by atoms with Crippen LogP contribution in [0.1, 0.15) is 53.1 Å². The monoisotopic (exact) mass is 427 g/mol. The van der Waals surface area contributed by atoms with Gasteiger partial charge in [-0.25, -0.2) is 0 Å². The Morgan fingerprint density at radius 1 is 1.17 bits per heavy atom. The van der Waals surface area contributed by atoms with Gasteiger partial charge in [0.25, 0.3) is 5.91 Å². The summed E-state index contributed by atoms with van der Waals surface area (Å²) in [5, 5.41) is 3.59. The molecule has 4 rings (SSSR count). The highest BCUT2D eigenvalue weighted by molar-refractivity contribution is 7.17. The van der Waals surface area contributed by atoms with E-state index in [1.807, 2.05) is 4.90 Å². The Hall–Kier alpha value is -1.87. The second-order valence-corrected chi connectivity index (χ2v) is 8.87. The van der Waals surface area contributed by atoms with Crippen molar-refractivity contribution in [3.05, 3.63) is 28.3 Å². The van der Waals surface area contributed by atoms with Crippen molar-refractivity contribution in [1.82, 2.24) is 15.0 Å². The van der Waals surface area contributed by atoms with Crippen molar-refractivity contribution in [2.75, 3.05) is 26.2 Å². The molecular formula is C20H24F3N3O2S. The molecule has 0 aliphatic carbocycles. The Balaban J connectivity index is 1.48. The van der Waals surface area contributed by atoms with Crippen molar-refractivity contribution in [3.8, 4) is 10.6 Å². The zero-order valence-corrected chi connectivity index (χ0v) is 17.1. The Kier molecular flexibility index (Phi) is 5.70. The topological polar surface area (TPSA) is 49.6 Å². The average Bonchev–Trinajstić information content (AvgIpc) is 3.34. The first kappa shape index (κ1) is 20.4. The van der Waals surface area contributed by atoms with Gasteiger partial charge in [0.2, 0.25) is 5.76 Å². The molecule has 5 nitrogen and oxygen atoms in total. The highest BCUT2D eigenvalue weighted by atomic mass is 32.1. The molecule has 0 bridgehead atoms. The van der Waals surface area contributed by atoms with Gasteiger partial charge in [0.15, 0.2) is 0 Å². The third-order valence-electron chi connectivity index (χ3n) is 5.82. The van der Waals surface area contributed by atoms with Gasteiger partial charge in [-0.05, 0) is 57.8 Å². The van der Waals surface area contributed by atoms with Crippen LogP contribution in [0.3, 0.4) is 0 Å². The van der Waals surface area contributed by atoms with E-state index in [9.17, 15) is 18.0 Å². The first-order valence-corrected chi connectivity index (χ1v) is 10.8. The lowest BCUT2D eigenvalue weighted by Crippen LogP contribution is -2.51. The van der Waals surface area contributed by atoms with E-state index >= 15 is 0 Å². The van der Waals surface area contributed by atoms with Gasteiger partial charge in [0.05, 0.1) is 9.75 Å². The third-order valence-corrected chi connectivity index (χ3v) is 6.90. The van der Waals surface area contributed by atoms with Gasteiger partial charge in [0, 0.05) is 24.7 Å². The number of carbonyl (C=O) groups excluding carboxylic acids is 1. The lowest BCUT2D eigenvalue weighted by atomic mass is 10.0. The third kappa shape index (κ3) is 4.21. The van der Waals surface area contributed by atoms with Gasteiger partial charge >= 0.3 is 6.18 Å². The summed E-state index contributed by atoms with van der Waals surface area (Å²) in [6.45, 7) is 4.97. The molecule has 0 spiro atoms. The van der Waals surface area contributed by atoms with Crippen LogP contribution in [-0.2, 0) is 6.18 Å². The summed E-state index contributed by atoms with van der Waals surface area (Å²) in [6.07, 6.45) is 1.22. The van der Waals surface area contributed by atoms with Crippen LogP contribution in [0, 0.1) is 6.92 Å². The van der Waals surface area contributed by atoms with Crippen molar-refractivity contribution in [3.63, 3.8) is 0 Å². The van der Waals surface area contributed by atoms with Crippen LogP contribution < -0.4 is 0 Å². The standard InChI is InChI=1S/C20H24F3N3O2S/c1-13-17(24-28-18(13)20(21,22)23)15-7-8-16(29-15)19(27)26-11-5-6-14(12-26)25-9-3-2-4-10-25/h7-8,14H,2-6,9-12H2,1H3. The number of halogens is 3. The zero-order valence-electron chi connectivity index (χ0n) is 16.3. The molecule has 2 aliphatic rings. The van der Waals surface area contributed by atoms with Crippen LogP contribution in [0.5, 0.6) is 0 Å². The lowest BCUT2D eigenvalue weighted by Gasteiger charge is -2.40. The highest BCUT2D eigenvalue weighted by Gasteiger charge is 2.39. The summed E-state index contributed by atoms with van der Waals surface area (Å²) < 4.78 is 43.4. The molecule has 29 heavy (non-hydrogen) atoms. The van der Waals surface area contributed by atoms with Crippen LogP contribution in [0.15, 0.2) is 16.7 Å². The summed E-state index contributed by atoms with van der Waals surface area (Å²) in [6, 6.07) is 3.72. The molecular weight excluding hydrogens is 403 g/mol. The maximum absolute atomic E-state index is 13.0. The number of aromatic nitrogens is 1. The minimum atomic E-state index is -4.58. The zero-order chi connectivity index (χ0) is 20.6. The molecule has 9 heteroatoms. The Morgan fingerprint density at radius 2 is 1.93 bits per heavy atom. The van der Waals surface area contributed by atoms with Crippen LogP contribution >= 0.6 is 11.3 Å². The van der Waals surface area contributed by atoms with E-state index in [0.29, 0.717) is 22.3 Å². The van der Waals surface area contributed by atoms with Gasteiger partial charge < -0.3 is 9.42 Å². The minimum absolute atomic E-state index is 0.0542. The summed E-state index contributed by atoms with van der Waals surface area (Å²) >= 11 is 1.17. The molecule has 2 aliphatic heterocycles. The molecule has 1 unspecified atom stereocenters. The predicted molar refractivity (Wildman–Crippen MR) is 104 cm³/mol. The van der Waals surface area contributed by atoms with Gasteiger partial charge in [-0.3, -0.25) is 9.69 Å². The van der Waals surface area contributed by atoms with Crippen LogP contribution in [-0.4, -0.2) is 53.1 Å². The van der Waals surface area contributed by atoms with E-state index < -0.39 is 11.9 Å². The number of hydrogen-bond donors (Lipinski definition) is 0. The summed E-state index contributed by atoms with van der Waals surface area (Å²) in [4.78, 5) is 18.4. The van der Waals surface area contributed by atoms with E-state index in [2.05, 4.69) is 14.6 Å². The van der Waals surface area contributed by atoms with E-state index in [1.165, 1.54) is 37.5 Å². The maximum atomic E-state index is 13.0. The molecule has 1 amide bonds. The molecule has 2 fully saturated rings. The number of piperidine rings is 2. The molecule has 0 radical (unpaired) electrons. The number of thiophene rings is 1. The van der Waals surface area contributed by atoms with E-state index in [0.717, 1.165) is 32.5 Å². The molecule has 2 saturated heterocycles. The fraction of sp³-hybridized carbons (Fsp3) is 0.600. The summed E-state index contributed by atoms with van der Waals surface area (Å²) in [5.74, 6) is -1.14. The predicted octanol–water partition coefficient (Wildman–Crippen LogP) is 4.82. The van der Waals surface area contributed by atoms with E-state index in [1.54, 1.807) is 12.1 Å². The highest BCUT2D eigenvalue weighted by Crippen LogP contribution is 2.38. The van der Waals surface area contributed by atoms with Crippen molar-refractivity contribution in [2.45, 2.75) is 51.2 Å². The van der Waals surface area contributed by atoms with Crippen molar-refractivity contribution in [2.24, 2.45) is 0 Å². The van der Waals surface area contributed by atoms with Gasteiger partial charge in [-0.1, -0.05) is 11.6 Å². The molecule has 0 aromatic carbocycles. The number of likely N-dealkylation sites (tertiary alicyclic amines) is 2. The largest absolute Gasteiger partial charge is 0.452 e. The number of hydrogen-bond acceptors (Lipinski definition) is 5. The number of amides is 1. The Bertz CT molecular complexity index is 871. The second kappa shape index (κ2) is 8.10. The van der Waals surface area contributed by atoms with Crippen LogP contribution in [0.2, 0.25) is 0 Å². The van der Waals surface area contributed by atoms with E-state index in [-0.39, 0.29) is 17.2 Å². The number of carbonyl (C=O) groups is 1. The lowest BCUT2D eigenvalue weighted by molar-refractivity contribution is -0.156. The van der Waals surface area contributed by atoms with Crippen molar-refractivity contribution < 1.29 is 22.5 Å². The molecule has 0 saturated carbocycles. The average molecular weight is 427 g/mol. The quantitative estimate of drug-likeness (QED) is 0.705. The van der Waals surface area contributed by atoms with Crippen molar-refractivity contribution >= 4 is 17.2 Å². The van der Waals surface area contributed by atoms with Gasteiger partial charge in [0.1, 0.15) is 5.69 Å². The SMILES string of the molecule is Cc1c(-c2ccc(C(=O)N3CCCC(N4CCCCC4)C3)s2)noc1C(F)(F)F. The molecule has 0 N–H and O–H groups in total. The van der Waals surface area contributed by atoms with E-state index in [4.69, 9.17) is 0 Å². The Labute approximate surface area is 171 Å². The van der Waals surface area contributed by atoms with Crippen LogP contribution in [0.25, 0.3) is 10.6 Å². The van der Waals surface area contributed by atoms with Crippen LogP contribution in [0.4, 0.5) is 13.2 Å². The summed E-state index contributed by atoms with van der Waals surface area (Å²) in [5.41, 5.74) is 0.0905. The fourth-order valence-electron chi connectivity index (χ4n) is 4.29. The smallest absolute Gasteiger partial charge is 0.351 e. The first-order valence-electron chi connectivity index (χ1n) is 10.0. The number of rotatable bonds is 3. The maximum Gasteiger partial charge on any atom is 0.452 e. The summed E-state index contributed by atoms with van der Waals surface area (Å²) in [7, 11) is 0. The van der Waals surface area contributed by atoms with Crippen molar-refractivity contribution in [1.29, 1.82) is 0 Å². The van der Waals surface area contributed by atoms with Gasteiger partial charge in [-0.2, -0.15) is 13.2 Å². The molecule has 1 atom stereocenters. The van der Waals surface area contributed by atoms with Gasteiger partial charge in [-0.15, -0.1) is 11.3 Å². The normalized spacial score (nSPS) is 21.5. The molecule has 4 heterocycles. The molecule has 2 aromatic heterocycles. The minimum Gasteiger partial charge on any atom is -0.351 e. The second-order valence-electron chi connectivity index (χ2n) is 7.79. The molecule has 158 valence electrons. The first-order chi connectivity index (χ1) is 13.8. The Morgan fingerprint density at radius 3 is 2.62 bits per heavy atom.